The molecule has 1 atom stereocenters. The Hall–Kier alpha value is -0.120. The largest absolute Gasteiger partial charge is 0.327 e. The number of nitrogens with zero attached hydrogens (tertiary/aromatic N) is 2. The summed E-state index contributed by atoms with van der Waals surface area (Å²) in [6.45, 7) is 9.27. The highest BCUT2D eigenvalue weighted by Gasteiger charge is 2.28. The molecule has 0 aromatic carbocycles. The van der Waals surface area contributed by atoms with Crippen LogP contribution in [0.25, 0.3) is 0 Å². The standard InChI is InChI=1S/C14H31N3/c1-12(2)11-17(10-9-16(3)4)8-7-14(15)13-5-6-13/h12-14H,5-11,15H2,1-4H3. The fourth-order valence-electron chi connectivity index (χ4n) is 2.24. The zero-order valence-corrected chi connectivity index (χ0v) is 12.2. The summed E-state index contributed by atoms with van der Waals surface area (Å²) in [7, 11) is 4.28. The SMILES string of the molecule is CC(C)CN(CCC(N)C1CC1)CCN(C)C. The van der Waals surface area contributed by atoms with E-state index in [1.54, 1.807) is 0 Å². The van der Waals surface area contributed by atoms with Gasteiger partial charge in [-0.25, -0.2) is 0 Å². The van der Waals surface area contributed by atoms with E-state index in [-0.39, 0.29) is 0 Å². The maximum absolute atomic E-state index is 6.18. The molecule has 1 unspecified atom stereocenters. The molecule has 17 heavy (non-hydrogen) atoms. The van der Waals surface area contributed by atoms with Gasteiger partial charge in [-0.2, -0.15) is 0 Å². The van der Waals surface area contributed by atoms with Crippen LogP contribution in [0.4, 0.5) is 0 Å². The van der Waals surface area contributed by atoms with Crippen molar-refractivity contribution in [3.05, 3.63) is 0 Å². The predicted octanol–water partition coefficient (Wildman–Crippen LogP) is 1.63. The lowest BCUT2D eigenvalue weighted by Gasteiger charge is -2.27. The van der Waals surface area contributed by atoms with Gasteiger partial charge in [0.05, 0.1) is 0 Å². The molecule has 1 rings (SSSR count). The van der Waals surface area contributed by atoms with E-state index in [2.05, 4.69) is 37.7 Å². The molecule has 0 aliphatic heterocycles. The maximum Gasteiger partial charge on any atom is 0.0109 e. The Bertz CT molecular complexity index is 200. The van der Waals surface area contributed by atoms with Gasteiger partial charge in [0.1, 0.15) is 0 Å². The third-order valence-corrected chi connectivity index (χ3v) is 3.49. The highest BCUT2D eigenvalue weighted by Crippen LogP contribution is 2.32. The predicted molar refractivity (Wildman–Crippen MR) is 75.1 cm³/mol. The van der Waals surface area contributed by atoms with Crippen molar-refractivity contribution in [2.24, 2.45) is 17.6 Å². The van der Waals surface area contributed by atoms with Gasteiger partial charge in [0.15, 0.2) is 0 Å². The number of rotatable bonds is 9. The van der Waals surface area contributed by atoms with Gasteiger partial charge in [-0.15, -0.1) is 0 Å². The third kappa shape index (κ3) is 7.02. The Labute approximate surface area is 107 Å². The molecule has 0 spiro atoms. The average Bonchev–Trinajstić information content (AvgIpc) is 3.04. The molecule has 0 bridgehead atoms. The smallest absolute Gasteiger partial charge is 0.0109 e. The molecule has 0 aromatic heterocycles. The monoisotopic (exact) mass is 241 g/mol. The van der Waals surface area contributed by atoms with E-state index in [0.29, 0.717) is 6.04 Å². The first-order chi connectivity index (χ1) is 7.99. The van der Waals surface area contributed by atoms with Crippen molar-refractivity contribution in [1.82, 2.24) is 9.80 Å². The van der Waals surface area contributed by atoms with Crippen LogP contribution in [0, 0.1) is 11.8 Å². The molecule has 0 aromatic rings. The van der Waals surface area contributed by atoms with Crippen LogP contribution in [0.3, 0.4) is 0 Å². The average molecular weight is 241 g/mol. The van der Waals surface area contributed by atoms with Crippen molar-refractivity contribution in [3.63, 3.8) is 0 Å². The van der Waals surface area contributed by atoms with Crippen LogP contribution in [-0.2, 0) is 0 Å². The fourth-order valence-corrected chi connectivity index (χ4v) is 2.24. The van der Waals surface area contributed by atoms with Gasteiger partial charge in [0.25, 0.3) is 0 Å². The summed E-state index contributed by atoms with van der Waals surface area (Å²) in [6, 6.07) is 0.448. The van der Waals surface area contributed by atoms with Crippen LogP contribution >= 0.6 is 0 Å². The van der Waals surface area contributed by atoms with Gasteiger partial charge in [0, 0.05) is 25.7 Å². The van der Waals surface area contributed by atoms with E-state index < -0.39 is 0 Å². The molecule has 3 heteroatoms. The van der Waals surface area contributed by atoms with Gasteiger partial charge in [-0.1, -0.05) is 13.8 Å². The molecule has 1 aliphatic carbocycles. The van der Waals surface area contributed by atoms with Crippen molar-refractivity contribution >= 4 is 0 Å². The van der Waals surface area contributed by atoms with Crippen molar-refractivity contribution in [2.75, 3.05) is 40.3 Å². The van der Waals surface area contributed by atoms with Crippen molar-refractivity contribution < 1.29 is 0 Å². The molecule has 1 saturated carbocycles. The summed E-state index contributed by atoms with van der Waals surface area (Å²) < 4.78 is 0. The van der Waals surface area contributed by atoms with Gasteiger partial charge >= 0.3 is 0 Å². The van der Waals surface area contributed by atoms with Crippen molar-refractivity contribution in [1.29, 1.82) is 0 Å². The quantitative estimate of drug-likeness (QED) is 0.666. The zero-order chi connectivity index (χ0) is 12.8. The molecule has 3 nitrogen and oxygen atoms in total. The van der Waals surface area contributed by atoms with Crippen LogP contribution < -0.4 is 5.73 Å². The van der Waals surface area contributed by atoms with E-state index in [1.165, 1.54) is 38.9 Å². The zero-order valence-electron chi connectivity index (χ0n) is 12.2. The lowest BCUT2D eigenvalue weighted by Crippen LogP contribution is -2.37. The first-order valence-electron chi connectivity index (χ1n) is 7.11. The second-order valence-corrected chi connectivity index (χ2v) is 6.29. The van der Waals surface area contributed by atoms with Crippen LogP contribution in [0.5, 0.6) is 0 Å². The number of nitrogens with two attached hydrogens (primary N) is 1. The summed E-state index contributed by atoms with van der Waals surface area (Å²) in [5, 5.41) is 0. The Morgan fingerprint density at radius 1 is 1.12 bits per heavy atom. The minimum atomic E-state index is 0.448. The fraction of sp³-hybridized carbons (Fsp3) is 1.00. The van der Waals surface area contributed by atoms with Crippen molar-refractivity contribution in [3.8, 4) is 0 Å². The third-order valence-electron chi connectivity index (χ3n) is 3.49. The summed E-state index contributed by atoms with van der Waals surface area (Å²) in [6.07, 6.45) is 3.90. The highest BCUT2D eigenvalue weighted by atomic mass is 15.2. The number of hydrogen-bond donors (Lipinski definition) is 1. The number of likely N-dealkylation sites (N-methyl/N-ethyl adjacent to an activating group) is 1. The molecule has 0 saturated heterocycles. The minimum Gasteiger partial charge on any atom is -0.327 e. The van der Waals surface area contributed by atoms with Gasteiger partial charge in [-0.05, 0) is 51.7 Å². The molecule has 0 amide bonds. The minimum absolute atomic E-state index is 0.448. The van der Waals surface area contributed by atoms with E-state index in [1.807, 2.05) is 0 Å². The van der Waals surface area contributed by atoms with E-state index in [4.69, 9.17) is 5.73 Å². The molecule has 1 fully saturated rings. The molecular weight excluding hydrogens is 210 g/mol. The Kier molecular flexibility index (Phi) is 6.45. The Morgan fingerprint density at radius 2 is 1.76 bits per heavy atom. The molecular formula is C14H31N3. The van der Waals surface area contributed by atoms with E-state index in [0.717, 1.165) is 18.4 Å². The second-order valence-electron chi connectivity index (χ2n) is 6.29. The van der Waals surface area contributed by atoms with Gasteiger partial charge in [-0.3, -0.25) is 0 Å². The normalized spacial score (nSPS) is 18.4. The first kappa shape index (κ1) is 14.9. The topological polar surface area (TPSA) is 32.5 Å². The summed E-state index contributed by atoms with van der Waals surface area (Å²) in [5.74, 6) is 1.58. The lowest BCUT2D eigenvalue weighted by atomic mass is 10.1. The van der Waals surface area contributed by atoms with Crippen LogP contribution in [-0.4, -0.2) is 56.1 Å². The molecule has 1 aliphatic rings. The van der Waals surface area contributed by atoms with Crippen LogP contribution in [0.1, 0.15) is 33.1 Å². The van der Waals surface area contributed by atoms with Crippen molar-refractivity contribution in [2.45, 2.75) is 39.2 Å². The lowest BCUT2D eigenvalue weighted by molar-refractivity contribution is 0.210. The maximum atomic E-state index is 6.18. The molecule has 0 heterocycles. The highest BCUT2D eigenvalue weighted by molar-refractivity contribution is 4.84. The summed E-state index contributed by atoms with van der Waals surface area (Å²) in [4.78, 5) is 4.83. The number of hydrogen-bond acceptors (Lipinski definition) is 3. The summed E-state index contributed by atoms with van der Waals surface area (Å²) in [5.41, 5.74) is 6.18. The van der Waals surface area contributed by atoms with Gasteiger partial charge < -0.3 is 15.5 Å². The van der Waals surface area contributed by atoms with Gasteiger partial charge in [0.2, 0.25) is 0 Å². The van der Waals surface area contributed by atoms with Crippen LogP contribution in [0.2, 0.25) is 0 Å². The van der Waals surface area contributed by atoms with Crippen LogP contribution in [0.15, 0.2) is 0 Å². The molecule has 0 radical (unpaired) electrons. The van der Waals surface area contributed by atoms with E-state index in [9.17, 15) is 0 Å². The van der Waals surface area contributed by atoms with E-state index >= 15 is 0 Å². The molecule has 2 N–H and O–H groups in total. The summed E-state index contributed by atoms with van der Waals surface area (Å²) >= 11 is 0. The second kappa shape index (κ2) is 7.34. The Morgan fingerprint density at radius 3 is 2.24 bits per heavy atom. The molecule has 102 valence electrons. The first-order valence-corrected chi connectivity index (χ1v) is 7.11. The Balaban J connectivity index is 2.23.